The molecule has 0 atom stereocenters. The summed E-state index contributed by atoms with van der Waals surface area (Å²) in [6, 6.07) is 20.9. The summed E-state index contributed by atoms with van der Waals surface area (Å²) in [5.74, 6) is -0.955. The average molecular weight is 626 g/mol. The normalized spacial score (nSPS) is 16.6. The lowest BCUT2D eigenvalue weighted by molar-refractivity contribution is -0.274. The van der Waals surface area contributed by atoms with Gasteiger partial charge in [-0.05, 0) is 91.8 Å². The van der Waals surface area contributed by atoms with Crippen LogP contribution in [0.15, 0.2) is 72.8 Å². The summed E-state index contributed by atoms with van der Waals surface area (Å²) in [7, 11) is 1.17. The van der Waals surface area contributed by atoms with Gasteiger partial charge in [0.2, 0.25) is 0 Å². The first-order valence-electron chi connectivity index (χ1n) is 15.8. The minimum absolute atomic E-state index is 0.0283. The number of esters is 1. The third-order valence-electron chi connectivity index (χ3n) is 8.27. The highest BCUT2D eigenvalue weighted by Gasteiger charge is 2.31. The molecule has 1 amide bonds. The highest BCUT2D eigenvalue weighted by molar-refractivity contribution is 6.38. The van der Waals surface area contributed by atoms with Gasteiger partial charge in [0.1, 0.15) is 11.5 Å². The molecule has 1 fully saturated rings. The summed E-state index contributed by atoms with van der Waals surface area (Å²) in [4.78, 5) is 27.4. The Morgan fingerprint density at radius 1 is 0.867 bits per heavy atom. The molecule has 0 heterocycles. The van der Waals surface area contributed by atoms with Gasteiger partial charge in [0.15, 0.2) is 0 Å². The number of methoxy groups -OCH3 is 1. The Morgan fingerprint density at radius 3 is 2.20 bits per heavy atom. The van der Waals surface area contributed by atoms with E-state index in [1.54, 1.807) is 12.1 Å². The number of ether oxygens (including phenoxy) is 3. The van der Waals surface area contributed by atoms with E-state index in [9.17, 15) is 22.8 Å². The number of amides is 1. The summed E-state index contributed by atoms with van der Waals surface area (Å²) >= 11 is 0. The van der Waals surface area contributed by atoms with E-state index in [1.807, 2.05) is 24.3 Å². The van der Waals surface area contributed by atoms with Crippen LogP contribution in [0.25, 0.3) is 11.1 Å². The van der Waals surface area contributed by atoms with Crippen molar-refractivity contribution in [3.8, 4) is 22.6 Å². The largest absolute Gasteiger partial charge is 0.573 e. The Bertz CT molecular complexity index is 1370. The molecule has 45 heavy (non-hydrogen) atoms. The van der Waals surface area contributed by atoms with Crippen LogP contribution >= 0.6 is 0 Å². The Balaban J connectivity index is 1.61. The van der Waals surface area contributed by atoms with Crippen molar-refractivity contribution < 1.29 is 37.0 Å². The molecule has 0 radical (unpaired) electrons. The Hall–Kier alpha value is -4.01. The van der Waals surface area contributed by atoms with Crippen LogP contribution in [-0.2, 0) is 20.7 Å². The number of hydrogen-bond acceptors (Lipinski definition) is 5. The van der Waals surface area contributed by atoms with E-state index >= 15 is 0 Å². The number of anilines is 1. The lowest BCUT2D eigenvalue weighted by Crippen LogP contribution is -2.38. The Morgan fingerprint density at radius 2 is 1.56 bits per heavy atom. The molecule has 4 rings (SSSR count). The van der Waals surface area contributed by atoms with Gasteiger partial charge >= 0.3 is 18.2 Å². The van der Waals surface area contributed by atoms with Crippen molar-refractivity contribution in [1.82, 2.24) is 0 Å². The summed E-state index contributed by atoms with van der Waals surface area (Å²) in [6.07, 6.45) is 4.98. The maximum atomic E-state index is 13.4. The van der Waals surface area contributed by atoms with Crippen LogP contribution in [0.5, 0.6) is 11.5 Å². The molecule has 1 saturated carbocycles. The molecule has 1 aliphatic rings. The SMILES string of the molecule is CCCCC1CCC(Oc2ccc(-c3ccc(OC(F)(F)F)cc3)cc2N(CCCCc2ccccc2)C(=O)C(=O)OC)CC1. The van der Waals surface area contributed by atoms with E-state index in [0.29, 0.717) is 34.9 Å². The third-order valence-corrected chi connectivity index (χ3v) is 8.27. The van der Waals surface area contributed by atoms with Gasteiger partial charge in [-0.15, -0.1) is 13.2 Å². The van der Waals surface area contributed by atoms with E-state index in [4.69, 9.17) is 9.47 Å². The van der Waals surface area contributed by atoms with Crippen LogP contribution in [0.4, 0.5) is 18.9 Å². The zero-order chi connectivity index (χ0) is 32.2. The van der Waals surface area contributed by atoms with Gasteiger partial charge in [0.25, 0.3) is 0 Å². The smallest absolute Gasteiger partial charge is 0.488 e. The van der Waals surface area contributed by atoms with E-state index in [1.165, 1.54) is 61.1 Å². The second-order valence-corrected chi connectivity index (χ2v) is 11.5. The quantitative estimate of drug-likeness (QED) is 0.108. The maximum Gasteiger partial charge on any atom is 0.573 e. The first-order valence-corrected chi connectivity index (χ1v) is 15.8. The number of benzene rings is 3. The Labute approximate surface area is 263 Å². The molecule has 0 N–H and O–H groups in total. The monoisotopic (exact) mass is 625 g/mol. The van der Waals surface area contributed by atoms with Crippen LogP contribution < -0.4 is 14.4 Å². The average Bonchev–Trinajstić information content (AvgIpc) is 3.04. The lowest BCUT2D eigenvalue weighted by atomic mass is 9.84. The summed E-state index contributed by atoms with van der Waals surface area (Å²) in [5.41, 5.74) is 2.86. The minimum atomic E-state index is -4.79. The zero-order valence-corrected chi connectivity index (χ0v) is 26.0. The molecule has 0 spiro atoms. The standard InChI is InChI=1S/C36H42F3NO5/c1-3-4-10-27-14-19-30(20-15-27)44-33-23-18-29(28-16-21-31(22-17-28)45-36(37,38)39)25-32(33)40(34(41)35(42)43-2)24-9-8-13-26-11-6-5-7-12-26/h5-7,11-12,16-18,21-23,25,27,30H,3-4,8-10,13-15,19-20,24H2,1-2H3. The number of hydrogen-bond donors (Lipinski definition) is 0. The Kier molecular flexibility index (Phi) is 12.3. The highest BCUT2D eigenvalue weighted by Crippen LogP contribution is 2.38. The minimum Gasteiger partial charge on any atom is -0.488 e. The van der Waals surface area contributed by atoms with Gasteiger partial charge in [-0.3, -0.25) is 9.69 Å². The van der Waals surface area contributed by atoms with Crippen molar-refractivity contribution in [1.29, 1.82) is 0 Å². The number of alkyl halides is 3. The van der Waals surface area contributed by atoms with E-state index in [-0.39, 0.29) is 18.4 Å². The van der Waals surface area contributed by atoms with Crippen molar-refractivity contribution in [2.24, 2.45) is 5.92 Å². The fourth-order valence-electron chi connectivity index (χ4n) is 5.84. The van der Waals surface area contributed by atoms with Crippen LogP contribution in [0.1, 0.15) is 70.3 Å². The molecule has 0 unspecified atom stereocenters. The predicted octanol–water partition coefficient (Wildman–Crippen LogP) is 8.91. The summed E-state index contributed by atoms with van der Waals surface area (Å²) in [6.45, 7) is 2.45. The molecule has 3 aromatic carbocycles. The fraction of sp³-hybridized carbons (Fsp3) is 0.444. The molecule has 0 bridgehead atoms. The molecular formula is C36H42F3NO5. The number of nitrogens with zero attached hydrogens (tertiary/aromatic N) is 1. The van der Waals surface area contributed by atoms with E-state index < -0.39 is 18.2 Å². The van der Waals surface area contributed by atoms with Crippen molar-refractivity contribution in [2.75, 3.05) is 18.6 Å². The molecule has 6 nitrogen and oxygen atoms in total. The lowest BCUT2D eigenvalue weighted by Gasteiger charge is -2.31. The fourth-order valence-corrected chi connectivity index (χ4v) is 5.84. The van der Waals surface area contributed by atoms with Crippen LogP contribution in [0, 0.1) is 5.92 Å². The molecule has 1 aliphatic carbocycles. The van der Waals surface area contributed by atoms with Gasteiger partial charge in [-0.1, -0.05) is 74.7 Å². The van der Waals surface area contributed by atoms with Crippen molar-refractivity contribution in [2.45, 2.75) is 83.6 Å². The third kappa shape index (κ3) is 10.3. The zero-order valence-electron chi connectivity index (χ0n) is 26.0. The number of aryl methyl sites for hydroxylation is 1. The van der Waals surface area contributed by atoms with E-state index in [2.05, 4.69) is 23.8 Å². The molecule has 3 aromatic rings. The summed E-state index contributed by atoms with van der Waals surface area (Å²) in [5, 5.41) is 0. The predicted molar refractivity (Wildman–Crippen MR) is 168 cm³/mol. The molecule has 0 aliphatic heterocycles. The van der Waals surface area contributed by atoms with Gasteiger partial charge in [-0.25, -0.2) is 4.79 Å². The second kappa shape index (κ2) is 16.3. The van der Waals surface area contributed by atoms with Gasteiger partial charge < -0.3 is 14.2 Å². The van der Waals surface area contributed by atoms with Gasteiger partial charge in [0.05, 0.1) is 18.9 Å². The first-order chi connectivity index (χ1) is 21.7. The van der Waals surface area contributed by atoms with Crippen LogP contribution in [0.2, 0.25) is 0 Å². The first kappa shape index (κ1) is 33.9. The second-order valence-electron chi connectivity index (χ2n) is 11.5. The topological polar surface area (TPSA) is 65.1 Å². The number of unbranched alkanes of at least 4 members (excludes halogenated alkanes) is 2. The van der Waals surface area contributed by atoms with Gasteiger partial charge in [0, 0.05) is 6.54 Å². The molecule has 9 heteroatoms. The van der Waals surface area contributed by atoms with Crippen LogP contribution in [0.3, 0.4) is 0 Å². The van der Waals surface area contributed by atoms with Gasteiger partial charge in [-0.2, -0.15) is 0 Å². The molecule has 0 aromatic heterocycles. The molecule has 0 saturated heterocycles. The number of halogens is 3. The summed E-state index contributed by atoms with van der Waals surface area (Å²) < 4.78 is 53.5. The number of rotatable bonds is 13. The number of carbonyl (C=O) groups excluding carboxylic acids is 2. The van der Waals surface area contributed by atoms with Crippen molar-refractivity contribution >= 4 is 17.6 Å². The molecular weight excluding hydrogens is 583 g/mol. The van der Waals surface area contributed by atoms with E-state index in [0.717, 1.165) is 38.5 Å². The van der Waals surface area contributed by atoms with Crippen LogP contribution in [-0.4, -0.2) is 38.0 Å². The maximum absolute atomic E-state index is 13.4. The van der Waals surface area contributed by atoms with Crippen molar-refractivity contribution in [3.05, 3.63) is 78.4 Å². The molecule has 242 valence electrons. The van der Waals surface area contributed by atoms with Crippen molar-refractivity contribution in [3.63, 3.8) is 0 Å². The highest BCUT2D eigenvalue weighted by atomic mass is 19.4. The number of carbonyl (C=O) groups is 2.